The summed E-state index contributed by atoms with van der Waals surface area (Å²) in [4.78, 5) is 23.4. The lowest BCUT2D eigenvalue weighted by atomic mass is 10.5. The van der Waals surface area contributed by atoms with Crippen LogP contribution in [0.4, 0.5) is 4.79 Å². The largest absolute Gasteiger partial charge is 0.372 e. The molecular formula is C7H10N2O3. The monoisotopic (exact) mass is 170 g/mol. The molecule has 66 valence electrons. The molecule has 0 unspecified atom stereocenters. The molecule has 0 bridgehead atoms. The van der Waals surface area contributed by atoms with Crippen LogP contribution in [-0.2, 0) is 0 Å². The molecule has 0 saturated carbocycles. The molecule has 0 atom stereocenters. The highest BCUT2D eigenvalue weighted by Gasteiger charge is 2.12. The third kappa shape index (κ3) is 1.39. The van der Waals surface area contributed by atoms with E-state index < -0.39 is 11.6 Å². The van der Waals surface area contributed by atoms with Crippen molar-refractivity contribution in [2.75, 3.05) is 14.1 Å². The van der Waals surface area contributed by atoms with Gasteiger partial charge in [0.15, 0.2) is 0 Å². The lowest BCUT2D eigenvalue weighted by molar-refractivity contribution is 0.182. The van der Waals surface area contributed by atoms with E-state index in [1.165, 1.54) is 11.0 Å². The number of aryl methyl sites for hydroxylation is 1. The Morgan fingerprint density at radius 2 is 2.17 bits per heavy atom. The van der Waals surface area contributed by atoms with Gasteiger partial charge in [0.1, 0.15) is 5.76 Å². The van der Waals surface area contributed by atoms with Crippen molar-refractivity contribution >= 4 is 6.03 Å². The zero-order chi connectivity index (χ0) is 9.30. The van der Waals surface area contributed by atoms with Gasteiger partial charge in [0.05, 0.1) is 0 Å². The molecule has 1 amide bonds. The summed E-state index contributed by atoms with van der Waals surface area (Å²) in [6.07, 6.45) is 0. The zero-order valence-electron chi connectivity index (χ0n) is 7.20. The van der Waals surface area contributed by atoms with Gasteiger partial charge in [-0.2, -0.15) is 0 Å². The Bertz CT molecular complexity index is 348. The van der Waals surface area contributed by atoms with E-state index in [2.05, 4.69) is 0 Å². The quantitative estimate of drug-likeness (QED) is 0.562. The third-order valence-corrected chi connectivity index (χ3v) is 1.32. The Labute approximate surface area is 69.1 Å². The van der Waals surface area contributed by atoms with Crippen molar-refractivity contribution in [1.29, 1.82) is 0 Å². The first-order valence-electron chi connectivity index (χ1n) is 3.44. The molecule has 0 radical (unpaired) electrons. The number of carbonyl (C=O) groups is 1. The lowest BCUT2D eigenvalue weighted by Crippen LogP contribution is -2.32. The highest BCUT2D eigenvalue weighted by Crippen LogP contribution is 1.93. The van der Waals surface area contributed by atoms with E-state index in [-0.39, 0.29) is 0 Å². The van der Waals surface area contributed by atoms with Crippen LogP contribution in [0.2, 0.25) is 0 Å². The van der Waals surface area contributed by atoms with Gasteiger partial charge in [0.25, 0.3) is 5.56 Å². The average molecular weight is 170 g/mol. The van der Waals surface area contributed by atoms with Crippen LogP contribution in [0.1, 0.15) is 5.76 Å². The number of nitrogens with zero attached hydrogens (tertiary/aromatic N) is 2. The van der Waals surface area contributed by atoms with E-state index in [1.54, 1.807) is 21.0 Å². The number of amides is 1. The second kappa shape index (κ2) is 2.84. The van der Waals surface area contributed by atoms with Gasteiger partial charge in [0.2, 0.25) is 0 Å². The van der Waals surface area contributed by atoms with Gasteiger partial charge < -0.3 is 9.42 Å². The van der Waals surface area contributed by atoms with Crippen LogP contribution in [0.3, 0.4) is 0 Å². The maximum Gasteiger partial charge on any atom is 0.360 e. The second-order valence-corrected chi connectivity index (χ2v) is 2.66. The van der Waals surface area contributed by atoms with Gasteiger partial charge in [-0.05, 0) is 6.92 Å². The van der Waals surface area contributed by atoms with Crippen molar-refractivity contribution in [2.45, 2.75) is 6.92 Å². The zero-order valence-corrected chi connectivity index (χ0v) is 7.20. The molecule has 12 heavy (non-hydrogen) atoms. The fourth-order valence-electron chi connectivity index (χ4n) is 0.763. The van der Waals surface area contributed by atoms with E-state index in [4.69, 9.17) is 4.52 Å². The van der Waals surface area contributed by atoms with Gasteiger partial charge in [-0.15, -0.1) is 0 Å². The third-order valence-electron chi connectivity index (χ3n) is 1.32. The minimum atomic E-state index is -0.479. The molecule has 5 heteroatoms. The van der Waals surface area contributed by atoms with Crippen molar-refractivity contribution in [3.05, 3.63) is 22.2 Å². The fraction of sp³-hybridized carbons (Fsp3) is 0.429. The van der Waals surface area contributed by atoms with E-state index in [0.29, 0.717) is 5.76 Å². The van der Waals surface area contributed by atoms with Crippen LogP contribution in [0.15, 0.2) is 15.4 Å². The minimum absolute atomic E-state index is 0.426. The standard InChI is InChI=1S/C7H10N2O3/c1-5-4-6(10)9(12-5)7(11)8(2)3/h4H,1-3H3. The average Bonchev–Trinajstić information content (AvgIpc) is 2.28. The summed E-state index contributed by atoms with van der Waals surface area (Å²) in [6, 6.07) is 0.787. The summed E-state index contributed by atoms with van der Waals surface area (Å²) >= 11 is 0. The highest BCUT2D eigenvalue weighted by molar-refractivity contribution is 5.74. The molecule has 0 saturated heterocycles. The first kappa shape index (κ1) is 8.58. The van der Waals surface area contributed by atoms with Gasteiger partial charge in [-0.1, -0.05) is 4.74 Å². The summed E-state index contributed by atoms with van der Waals surface area (Å²) in [7, 11) is 3.10. The first-order chi connectivity index (χ1) is 5.52. The van der Waals surface area contributed by atoms with Crippen LogP contribution < -0.4 is 5.56 Å². The molecule has 1 rings (SSSR count). The van der Waals surface area contributed by atoms with Crippen molar-refractivity contribution in [3.63, 3.8) is 0 Å². The van der Waals surface area contributed by atoms with Gasteiger partial charge >= 0.3 is 6.03 Å². The summed E-state index contributed by atoms with van der Waals surface area (Å²) in [5, 5.41) is 0. The smallest absolute Gasteiger partial charge is 0.360 e. The van der Waals surface area contributed by atoms with Crippen LogP contribution in [-0.4, -0.2) is 29.8 Å². The van der Waals surface area contributed by atoms with Gasteiger partial charge in [0, 0.05) is 20.2 Å². The molecule has 0 aliphatic rings. The van der Waals surface area contributed by atoms with Gasteiger partial charge in [-0.3, -0.25) is 4.79 Å². The summed E-state index contributed by atoms with van der Waals surface area (Å²) in [5.74, 6) is 0.426. The van der Waals surface area contributed by atoms with Crippen molar-refractivity contribution in [1.82, 2.24) is 9.64 Å². The minimum Gasteiger partial charge on any atom is -0.372 e. The molecule has 0 N–H and O–H groups in total. The highest BCUT2D eigenvalue weighted by atomic mass is 16.5. The summed E-state index contributed by atoms with van der Waals surface area (Å²) in [5.41, 5.74) is -0.439. The number of hydrogen-bond donors (Lipinski definition) is 0. The van der Waals surface area contributed by atoms with E-state index in [0.717, 1.165) is 4.74 Å². The molecule has 0 spiro atoms. The van der Waals surface area contributed by atoms with Crippen LogP contribution in [0, 0.1) is 6.92 Å². The molecule has 0 aromatic carbocycles. The molecule has 0 aliphatic heterocycles. The number of carbonyl (C=O) groups excluding carboxylic acids is 1. The SMILES string of the molecule is Cc1cc(=O)n(C(=O)N(C)C)o1. The van der Waals surface area contributed by atoms with Gasteiger partial charge in [-0.25, -0.2) is 4.79 Å². The number of rotatable bonds is 0. The molecule has 5 nitrogen and oxygen atoms in total. The summed E-state index contributed by atoms with van der Waals surface area (Å²) < 4.78 is 5.57. The normalized spacial score (nSPS) is 9.92. The van der Waals surface area contributed by atoms with Crippen LogP contribution in [0.25, 0.3) is 0 Å². The molecule has 1 aromatic heterocycles. The number of aromatic nitrogens is 1. The maximum atomic E-state index is 11.2. The predicted molar refractivity (Wildman–Crippen MR) is 42.2 cm³/mol. The summed E-state index contributed by atoms with van der Waals surface area (Å²) in [6.45, 7) is 1.61. The maximum absolute atomic E-state index is 11.2. The van der Waals surface area contributed by atoms with Crippen molar-refractivity contribution in [2.24, 2.45) is 0 Å². The molecule has 1 aromatic rings. The topological polar surface area (TPSA) is 55.5 Å². The molecule has 0 aliphatic carbocycles. The molecule has 1 heterocycles. The van der Waals surface area contributed by atoms with Crippen molar-refractivity contribution in [3.8, 4) is 0 Å². The number of hydrogen-bond acceptors (Lipinski definition) is 3. The van der Waals surface area contributed by atoms with Crippen LogP contribution in [0.5, 0.6) is 0 Å². The Hall–Kier alpha value is -1.52. The van der Waals surface area contributed by atoms with E-state index in [1.807, 2.05) is 0 Å². The first-order valence-corrected chi connectivity index (χ1v) is 3.44. The fourth-order valence-corrected chi connectivity index (χ4v) is 0.763. The Morgan fingerprint density at radius 3 is 2.50 bits per heavy atom. The van der Waals surface area contributed by atoms with Crippen molar-refractivity contribution < 1.29 is 9.32 Å². The second-order valence-electron chi connectivity index (χ2n) is 2.66. The lowest BCUT2D eigenvalue weighted by Gasteiger charge is -2.07. The Balaban J connectivity index is 3.11. The Kier molecular flexibility index (Phi) is 2.03. The molecular weight excluding hydrogens is 160 g/mol. The predicted octanol–water partition coefficient (Wildman–Crippen LogP) is 0.279. The van der Waals surface area contributed by atoms with E-state index in [9.17, 15) is 9.59 Å². The Morgan fingerprint density at radius 1 is 1.58 bits per heavy atom. The van der Waals surface area contributed by atoms with E-state index >= 15 is 0 Å². The molecule has 0 fully saturated rings. The van der Waals surface area contributed by atoms with Crippen LogP contribution >= 0.6 is 0 Å².